The number of aliphatic imine (C=N–C) groups is 1. The Labute approximate surface area is 206 Å². The zero-order valence-electron chi connectivity index (χ0n) is 18.5. The minimum Gasteiger partial charge on any atom is -0.490 e. The molecule has 0 spiro atoms. The normalized spacial score (nSPS) is 23.4. The van der Waals surface area contributed by atoms with Crippen LogP contribution in [0, 0.1) is 0 Å². The van der Waals surface area contributed by atoms with Gasteiger partial charge in [-0.3, -0.25) is 14.6 Å². The molecule has 0 radical (unpaired) electrons. The highest BCUT2D eigenvalue weighted by atomic mass is 32.2. The SMILES string of the molecule is C[C@]12[C@@H](NC(=O)/C(=N/OCCOc3ccc(C(N)=NCCO)cc3)c3csc(N)n3)C(=O)N1S2=O. The van der Waals surface area contributed by atoms with Crippen LogP contribution < -0.4 is 21.5 Å². The van der Waals surface area contributed by atoms with E-state index in [-0.39, 0.29) is 42.9 Å². The van der Waals surface area contributed by atoms with Crippen molar-refractivity contribution in [2.24, 2.45) is 15.9 Å². The number of rotatable bonds is 11. The number of benzene rings is 1. The van der Waals surface area contributed by atoms with Crippen molar-refractivity contribution >= 4 is 50.8 Å². The van der Waals surface area contributed by atoms with Gasteiger partial charge in [-0.2, -0.15) is 0 Å². The predicted octanol–water partition coefficient (Wildman–Crippen LogP) is -1.06. The number of β-lactam (4-membered cyclic amide) rings is 1. The Kier molecular flexibility index (Phi) is 7.00. The number of aliphatic hydroxyl groups is 1. The number of thiazole rings is 1. The minimum absolute atomic E-state index is 0.0100. The molecule has 2 saturated heterocycles. The van der Waals surface area contributed by atoms with E-state index in [1.54, 1.807) is 31.2 Å². The molecule has 13 nitrogen and oxygen atoms in total. The number of nitrogens with zero attached hydrogens (tertiary/aromatic N) is 4. The number of nitrogen functional groups attached to an aromatic ring is 1. The molecule has 2 aromatic rings. The highest BCUT2D eigenvalue weighted by molar-refractivity contribution is 7.92. The molecule has 2 aliphatic heterocycles. The van der Waals surface area contributed by atoms with E-state index < -0.39 is 33.7 Å². The number of hydrogen-bond donors (Lipinski definition) is 4. The third kappa shape index (κ3) is 4.82. The molecule has 1 aromatic carbocycles. The number of carbonyl (C=O) groups excluding carboxylic acids is 2. The van der Waals surface area contributed by atoms with Crippen molar-refractivity contribution < 1.29 is 28.5 Å². The molecule has 3 atom stereocenters. The summed E-state index contributed by atoms with van der Waals surface area (Å²) in [4.78, 5) is 37.3. The van der Waals surface area contributed by atoms with Crippen LogP contribution in [0.2, 0.25) is 0 Å². The summed E-state index contributed by atoms with van der Waals surface area (Å²) in [6, 6.07) is 5.97. The molecule has 0 saturated carbocycles. The Bertz CT molecular complexity index is 1210. The van der Waals surface area contributed by atoms with Crippen LogP contribution in [-0.4, -0.2) is 79.2 Å². The number of aliphatic hydroxyl groups excluding tert-OH is 1. The first-order chi connectivity index (χ1) is 16.8. The van der Waals surface area contributed by atoms with Crippen molar-refractivity contribution in [2.45, 2.75) is 17.8 Å². The first-order valence-corrected chi connectivity index (χ1v) is 12.4. The Balaban J connectivity index is 1.33. The molecular weight excluding hydrogens is 498 g/mol. The topological polar surface area (TPSA) is 195 Å². The van der Waals surface area contributed by atoms with E-state index >= 15 is 0 Å². The fourth-order valence-electron chi connectivity index (χ4n) is 3.34. The summed E-state index contributed by atoms with van der Waals surface area (Å²) in [7, 11) is -1.44. The van der Waals surface area contributed by atoms with Gasteiger partial charge in [-0.15, -0.1) is 11.3 Å². The van der Waals surface area contributed by atoms with Gasteiger partial charge in [0.05, 0.1) is 13.2 Å². The zero-order chi connectivity index (χ0) is 25.2. The van der Waals surface area contributed by atoms with Crippen molar-refractivity contribution in [1.29, 1.82) is 0 Å². The largest absolute Gasteiger partial charge is 0.490 e. The standard InChI is InChI=1S/C20H23N7O6S2/c1-20-15(18(30)27(20)35(20)31)25-17(29)14(13-10-34-19(22)24-13)26-33-9-8-32-12-4-2-11(3-5-12)16(21)23-6-7-28/h2-5,10,15,28H,6-9H2,1H3,(H2,21,23)(H2,22,24)(H,25,29)/b26-14+/t15-,20-,27?,35?/m0/s1. The lowest BCUT2D eigenvalue weighted by Gasteiger charge is -2.29. The fraction of sp³-hybridized carbons (Fsp3) is 0.350. The van der Waals surface area contributed by atoms with Crippen LogP contribution in [0.4, 0.5) is 5.13 Å². The number of aromatic nitrogens is 1. The second kappa shape index (κ2) is 9.97. The third-order valence-electron chi connectivity index (χ3n) is 5.26. The van der Waals surface area contributed by atoms with E-state index in [1.807, 2.05) is 0 Å². The van der Waals surface area contributed by atoms with Gasteiger partial charge in [-0.05, 0) is 31.2 Å². The molecule has 15 heteroatoms. The van der Waals surface area contributed by atoms with E-state index in [1.165, 1.54) is 9.69 Å². The highest BCUT2D eigenvalue weighted by Crippen LogP contribution is 2.52. The molecule has 1 aromatic heterocycles. The third-order valence-corrected chi connectivity index (χ3v) is 7.78. The Morgan fingerprint density at radius 3 is 2.71 bits per heavy atom. The van der Waals surface area contributed by atoms with Crippen LogP contribution in [-0.2, 0) is 25.4 Å². The first kappa shape index (κ1) is 24.6. The quantitative estimate of drug-likeness (QED) is 0.0712. The molecule has 0 bridgehead atoms. The second-order valence-electron chi connectivity index (χ2n) is 7.55. The van der Waals surface area contributed by atoms with E-state index in [4.69, 9.17) is 26.1 Å². The number of anilines is 1. The predicted molar refractivity (Wildman–Crippen MR) is 129 cm³/mol. The second-order valence-corrected chi connectivity index (χ2v) is 10.1. The lowest BCUT2D eigenvalue weighted by atomic mass is 10.0. The number of oxime groups is 1. The van der Waals surface area contributed by atoms with Crippen LogP contribution >= 0.6 is 11.3 Å². The van der Waals surface area contributed by atoms with Gasteiger partial charge in [0.1, 0.15) is 29.9 Å². The summed E-state index contributed by atoms with van der Waals surface area (Å²) >= 11 is 1.12. The molecular formula is C20H23N7O6S2. The lowest BCUT2D eigenvalue weighted by molar-refractivity contribution is -0.139. The van der Waals surface area contributed by atoms with Crippen molar-refractivity contribution in [2.75, 3.05) is 32.1 Å². The number of ether oxygens (including phenoxy) is 1. The van der Waals surface area contributed by atoms with Gasteiger partial charge < -0.3 is 31.5 Å². The van der Waals surface area contributed by atoms with Crippen molar-refractivity contribution in [3.05, 3.63) is 40.9 Å². The summed E-state index contributed by atoms with van der Waals surface area (Å²) in [5.41, 5.74) is 12.2. The molecule has 6 N–H and O–H groups in total. The highest BCUT2D eigenvalue weighted by Gasteiger charge is 2.78. The van der Waals surface area contributed by atoms with Crippen molar-refractivity contribution in [3.63, 3.8) is 0 Å². The average molecular weight is 522 g/mol. The van der Waals surface area contributed by atoms with Crippen molar-refractivity contribution in [3.8, 4) is 5.75 Å². The monoisotopic (exact) mass is 521 g/mol. The van der Waals surface area contributed by atoms with Crippen LogP contribution in [0.25, 0.3) is 0 Å². The molecule has 3 heterocycles. The van der Waals surface area contributed by atoms with E-state index in [9.17, 15) is 13.8 Å². The van der Waals surface area contributed by atoms with Crippen LogP contribution in [0.15, 0.2) is 39.8 Å². The van der Waals surface area contributed by atoms with Gasteiger partial charge in [-0.1, -0.05) is 5.16 Å². The van der Waals surface area contributed by atoms with Gasteiger partial charge in [-0.25, -0.2) is 13.5 Å². The maximum absolute atomic E-state index is 12.8. The number of amides is 2. The fourth-order valence-corrected chi connectivity index (χ4v) is 5.32. The van der Waals surface area contributed by atoms with Crippen molar-refractivity contribution in [1.82, 2.24) is 14.6 Å². The summed E-state index contributed by atoms with van der Waals surface area (Å²) in [5, 5.41) is 17.0. The summed E-state index contributed by atoms with van der Waals surface area (Å²) in [6.45, 7) is 1.91. The number of carbonyl (C=O) groups is 2. The number of amidine groups is 1. The molecule has 1 unspecified atom stereocenters. The Morgan fingerprint density at radius 2 is 2.11 bits per heavy atom. The molecule has 2 fully saturated rings. The van der Waals surface area contributed by atoms with Gasteiger partial charge in [0.2, 0.25) is 0 Å². The molecule has 2 aliphatic rings. The lowest BCUT2D eigenvalue weighted by Crippen LogP contribution is -2.62. The van der Waals surface area contributed by atoms with Gasteiger partial charge in [0, 0.05) is 10.9 Å². The number of nitrogens with two attached hydrogens (primary N) is 2. The minimum atomic E-state index is -1.44. The van der Waals surface area contributed by atoms with Gasteiger partial charge in [0.15, 0.2) is 33.3 Å². The molecule has 2 amide bonds. The van der Waals surface area contributed by atoms with Crippen LogP contribution in [0.5, 0.6) is 5.75 Å². The van der Waals surface area contributed by atoms with E-state index in [2.05, 4.69) is 20.4 Å². The maximum Gasteiger partial charge on any atom is 0.276 e. The summed E-state index contributed by atoms with van der Waals surface area (Å²) in [5.74, 6) is -0.247. The number of hydrogen-bond acceptors (Lipinski definition) is 11. The average Bonchev–Trinajstić information content (AvgIpc) is 3.10. The Hall–Kier alpha value is -3.56. The molecule has 4 rings (SSSR count). The number of nitrogens with one attached hydrogen (secondary N) is 1. The smallest absolute Gasteiger partial charge is 0.276 e. The van der Waals surface area contributed by atoms with Crippen LogP contribution in [0.3, 0.4) is 0 Å². The summed E-state index contributed by atoms with van der Waals surface area (Å²) in [6.07, 6.45) is 0. The molecule has 35 heavy (non-hydrogen) atoms. The number of fused-ring (bicyclic) bond motifs is 1. The molecule has 0 aliphatic carbocycles. The van der Waals surface area contributed by atoms with E-state index in [0.717, 1.165) is 11.3 Å². The van der Waals surface area contributed by atoms with Crippen LogP contribution in [0.1, 0.15) is 18.2 Å². The summed E-state index contributed by atoms with van der Waals surface area (Å²) < 4.78 is 18.6. The zero-order valence-corrected chi connectivity index (χ0v) is 20.2. The van der Waals surface area contributed by atoms with Gasteiger partial charge >= 0.3 is 0 Å². The maximum atomic E-state index is 12.8. The molecule has 186 valence electrons. The van der Waals surface area contributed by atoms with Gasteiger partial charge in [0.25, 0.3) is 11.8 Å². The van der Waals surface area contributed by atoms with E-state index in [0.29, 0.717) is 17.1 Å². The first-order valence-electron chi connectivity index (χ1n) is 10.4. The Morgan fingerprint density at radius 1 is 1.37 bits per heavy atom.